The summed E-state index contributed by atoms with van der Waals surface area (Å²) < 4.78 is 0. The molecule has 0 saturated heterocycles. The first-order valence-corrected chi connectivity index (χ1v) is 7.51. The average molecular weight is 287 g/mol. The zero-order valence-corrected chi connectivity index (χ0v) is 14.1. The molecule has 0 fully saturated rings. The van der Waals surface area contributed by atoms with Crippen molar-refractivity contribution in [2.24, 2.45) is 0 Å². The Morgan fingerprint density at radius 3 is 2.15 bits per heavy atom. The number of nitrogens with one attached hydrogen (secondary N) is 1. The van der Waals surface area contributed by atoms with Crippen LogP contribution in [-0.2, 0) is 4.79 Å². The Morgan fingerprint density at radius 2 is 1.70 bits per heavy atom. The van der Waals surface area contributed by atoms with Gasteiger partial charge in [0.05, 0.1) is 0 Å². The normalized spacial score (nSPS) is 15.1. The Labute approximate surface area is 124 Å². The Bertz CT molecular complexity index is 282. The van der Waals surface area contributed by atoms with Gasteiger partial charge in [0, 0.05) is 6.04 Å². The lowest BCUT2D eigenvalue weighted by molar-refractivity contribution is -0.144. The first-order valence-electron chi connectivity index (χ1n) is 7.51. The van der Waals surface area contributed by atoms with Gasteiger partial charge in [-0.2, -0.15) is 0 Å². The van der Waals surface area contributed by atoms with Gasteiger partial charge >= 0.3 is 5.97 Å². The molecule has 0 heterocycles. The summed E-state index contributed by atoms with van der Waals surface area (Å²) in [5.41, 5.74) is -0.821. The van der Waals surface area contributed by atoms with E-state index in [4.69, 9.17) is 0 Å². The molecule has 0 aliphatic rings. The number of nitrogens with zero attached hydrogens (tertiary/aromatic N) is 2. The molecule has 1 unspecified atom stereocenters. The van der Waals surface area contributed by atoms with E-state index in [2.05, 4.69) is 36.3 Å². The average Bonchev–Trinajstić information content (AvgIpc) is 2.27. The molecule has 0 radical (unpaired) electrons. The molecule has 0 rings (SSSR count). The summed E-state index contributed by atoms with van der Waals surface area (Å²) in [6.45, 7) is 8.83. The number of carbonyl (C=O) groups is 1. The van der Waals surface area contributed by atoms with Gasteiger partial charge in [-0.3, -0.25) is 10.1 Å². The topological polar surface area (TPSA) is 55.8 Å². The van der Waals surface area contributed by atoms with Crippen molar-refractivity contribution in [3.05, 3.63) is 0 Å². The molecule has 120 valence electrons. The van der Waals surface area contributed by atoms with Crippen molar-refractivity contribution in [3.63, 3.8) is 0 Å². The number of hydrogen-bond donors (Lipinski definition) is 2. The summed E-state index contributed by atoms with van der Waals surface area (Å²) in [4.78, 5) is 15.9. The van der Waals surface area contributed by atoms with E-state index >= 15 is 0 Å². The summed E-state index contributed by atoms with van der Waals surface area (Å²) >= 11 is 0. The fourth-order valence-electron chi connectivity index (χ4n) is 2.35. The number of aliphatic carboxylic acids is 1. The predicted molar refractivity (Wildman–Crippen MR) is 84.2 cm³/mol. The quantitative estimate of drug-likeness (QED) is 0.603. The monoisotopic (exact) mass is 287 g/mol. The van der Waals surface area contributed by atoms with E-state index < -0.39 is 11.5 Å². The lowest BCUT2D eigenvalue weighted by atomic mass is 9.94. The van der Waals surface area contributed by atoms with Crippen molar-refractivity contribution < 1.29 is 9.90 Å². The zero-order valence-electron chi connectivity index (χ0n) is 14.1. The minimum Gasteiger partial charge on any atom is -0.480 e. The van der Waals surface area contributed by atoms with Crippen LogP contribution < -0.4 is 5.32 Å². The van der Waals surface area contributed by atoms with Crippen LogP contribution in [0.1, 0.15) is 40.0 Å². The lowest BCUT2D eigenvalue weighted by Gasteiger charge is -2.29. The maximum Gasteiger partial charge on any atom is 0.323 e. The Balaban J connectivity index is 4.02. The Morgan fingerprint density at radius 1 is 1.15 bits per heavy atom. The van der Waals surface area contributed by atoms with E-state index in [-0.39, 0.29) is 6.04 Å². The van der Waals surface area contributed by atoms with Crippen LogP contribution in [0.15, 0.2) is 0 Å². The molecule has 0 bridgehead atoms. The van der Waals surface area contributed by atoms with E-state index in [9.17, 15) is 9.90 Å². The molecule has 5 nitrogen and oxygen atoms in total. The molecule has 0 aromatic rings. The van der Waals surface area contributed by atoms with E-state index in [1.807, 2.05) is 13.8 Å². The first-order chi connectivity index (χ1) is 9.17. The van der Waals surface area contributed by atoms with E-state index in [0.29, 0.717) is 6.42 Å². The molecular weight excluding hydrogens is 254 g/mol. The summed E-state index contributed by atoms with van der Waals surface area (Å²) in [5, 5.41) is 12.5. The highest BCUT2D eigenvalue weighted by atomic mass is 16.4. The maximum absolute atomic E-state index is 11.4. The number of carboxylic acids is 1. The number of rotatable bonds is 11. The third kappa shape index (κ3) is 8.51. The van der Waals surface area contributed by atoms with Crippen LogP contribution in [0.4, 0.5) is 0 Å². The molecule has 0 saturated carbocycles. The molecule has 2 N–H and O–H groups in total. The van der Waals surface area contributed by atoms with E-state index in [1.54, 1.807) is 6.92 Å². The van der Waals surface area contributed by atoms with Gasteiger partial charge in [0.25, 0.3) is 0 Å². The molecule has 1 atom stereocenters. The first kappa shape index (κ1) is 19.4. The third-order valence-corrected chi connectivity index (χ3v) is 3.44. The third-order valence-electron chi connectivity index (χ3n) is 3.44. The highest BCUT2D eigenvalue weighted by Crippen LogP contribution is 2.14. The van der Waals surface area contributed by atoms with Gasteiger partial charge < -0.3 is 14.9 Å². The van der Waals surface area contributed by atoms with Gasteiger partial charge in [0.1, 0.15) is 5.54 Å². The summed E-state index contributed by atoms with van der Waals surface area (Å²) in [6, 6.07) is 0.175. The van der Waals surface area contributed by atoms with Crippen molar-refractivity contribution in [2.75, 3.05) is 40.8 Å². The lowest BCUT2D eigenvalue weighted by Crippen LogP contribution is -2.52. The fraction of sp³-hybridized carbons (Fsp3) is 0.933. The molecule has 0 aliphatic heterocycles. The van der Waals surface area contributed by atoms with Crippen LogP contribution in [0, 0.1) is 0 Å². The molecule has 5 heteroatoms. The Hall–Kier alpha value is -0.650. The predicted octanol–water partition coefficient (Wildman–Crippen LogP) is 1.49. The highest BCUT2D eigenvalue weighted by molar-refractivity contribution is 5.78. The van der Waals surface area contributed by atoms with Crippen molar-refractivity contribution in [3.8, 4) is 0 Å². The molecule has 0 amide bonds. The molecule has 0 aliphatic carbocycles. The van der Waals surface area contributed by atoms with Gasteiger partial charge in [0.15, 0.2) is 0 Å². The fourth-order valence-corrected chi connectivity index (χ4v) is 2.35. The second-order valence-electron chi connectivity index (χ2n) is 6.50. The van der Waals surface area contributed by atoms with Gasteiger partial charge in [0.2, 0.25) is 0 Å². The Kier molecular flexibility index (Phi) is 9.01. The minimum atomic E-state index is -0.821. The van der Waals surface area contributed by atoms with Crippen LogP contribution in [-0.4, -0.2) is 73.2 Å². The van der Waals surface area contributed by atoms with Crippen LogP contribution in [0.2, 0.25) is 0 Å². The molecule has 0 aromatic heterocycles. The summed E-state index contributed by atoms with van der Waals surface area (Å²) in [5.74, 6) is -0.763. The molecule has 0 spiro atoms. The van der Waals surface area contributed by atoms with Crippen molar-refractivity contribution in [1.29, 1.82) is 0 Å². The standard InChI is InChI=1S/C15H33N3O2/c1-13(2)16-15(3,14(19)20)9-7-11-18(6)12-8-10-17(4)5/h13,16H,7-12H2,1-6H3,(H,19,20). The molecule has 20 heavy (non-hydrogen) atoms. The maximum atomic E-state index is 11.4. The SMILES string of the molecule is CC(C)NC(C)(CCCN(C)CCCN(C)C)C(=O)O. The largest absolute Gasteiger partial charge is 0.480 e. The second-order valence-corrected chi connectivity index (χ2v) is 6.50. The van der Waals surface area contributed by atoms with Gasteiger partial charge in [-0.25, -0.2) is 0 Å². The summed E-state index contributed by atoms with van der Waals surface area (Å²) in [7, 11) is 6.26. The van der Waals surface area contributed by atoms with Crippen LogP contribution in [0.3, 0.4) is 0 Å². The second kappa shape index (κ2) is 9.32. The van der Waals surface area contributed by atoms with Crippen molar-refractivity contribution in [1.82, 2.24) is 15.1 Å². The van der Waals surface area contributed by atoms with Crippen LogP contribution >= 0.6 is 0 Å². The van der Waals surface area contributed by atoms with Crippen LogP contribution in [0.25, 0.3) is 0 Å². The van der Waals surface area contributed by atoms with Gasteiger partial charge in [-0.15, -0.1) is 0 Å². The zero-order chi connectivity index (χ0) is 15.8. The van der Waals surface area contributed by atoms with Gasteiger partial charge in [-0.05, 0) is 80.8 Å². The smallest absolute Gasteiger partial charge is 0.323 e. The van der Waals surface area contributed by atoms with E-state index in [0.717, 1.165) is 32.5 Å². The van der Waals surface area contributed by atoms with E-state index in [1.165, 1.54) is 0 Å². The minimum absolute atomic E-state index is 0.175. The highest BCUT2D eigenvalue weighted by Gasteiger charge is 2.32. The van der Waals surface area contributed by atoms with Crippen LogP contribution in [0.5, 0.6) is 0 Å². The van der Waals surface area contributed by atoms with Gasteiger partial charge in [-0.1, -0.05) is 0 Å². The summed E-state index contributed by atoms with van der Waals surface area (Å²) in [6.07, 6.45) is 2.68. The number of hydrogen-bond acceptors (Lipinski definition) is 4. The van der Waals surface area contributed by atoms with Crippen molar-refractivity contribution in [2.45, 2.75) is 51.6 Å². The molecule has 0 aromatic carbocycles. The molecular formula is C15H33N3O2. The number of carboxylic acid groups (broad SMARTS) is 1. The van der Waals surface area contributed by atoms with Crippen molar-refractivity contribution >= 4 is 5.97 Å².